The zero-order chi connectivity index (χ0) is 18.8. The van der Waals surface area contributed by atoms with Crippen LogP contribution in [0.5, 0.6) is 0 Å². The monoisotopic (exact) mass is 433 g/mol. The molecule has 1 aliphatic heterocycles. The molecule has 0 unspecified atom stereocenters. The van der Waals surface area contributed by atoms with Crippen molar-refractivity contribution in [1.29, 1.82) is 0 Å². The Labute approximate surface area is 182 Å². The summed E-state index contributed by atoms with van der Waals surface area (Å²) in [5.41, 5.74) is 1.77. The minimum absolute atomic E-state index is 0. The van der Waals surface area contributed by atoms with E-state index in [2.05, 4.69) is 53.6 Å². The number of carbonyl (C=O) groups is 1. The highest BCUT2D eigenvalue weighted by Gasteiger charge is 2.39. The fourth-order valence-corrected chi connectivity index (χ4v) is 3.52. The maximum Gasteiger partial charge on any atom is 0.252 e. The number of piperidine rings is 1. The lowest BCUT2D eigenvalue weighted by atomic mass is 9.91. The van der Waals surface area contributed by atoms with Crippen molar-refractivity contribution in [3.05, 3.63) is 35.4 Å². The van der Waals surface area contributed by atoms with E-state index in [4.69, 9.17) is 4.74 Å². The molecule has 2 N–H and O–H groups in total. The molecule has 0 atom stereocenters. The lowest BCUT2D eigenvalue weighted by Gasteiger charge is -2.34. The van der Waals surface area contributed by atoms with Crippen molar-refractivity contribution >= 4 is 30.7 Å². The predicted molar refractivity (Wildman–Crippen MR) is 120 cm³/mol. The first-order chi connectivity index (χ1) is 12.6. The Morgan fingerprint density at radius 3 is 2.50 bits per heavy atom. The number of ether oxygens (including phenoxy) is 1. The van der Waals surface area contributed by atoms with E-state index < -0.39 is 5.60 Å². The van der Waals surface area contributed by atoms with Crippen LogP contribution in [0, 0.1) is 0 Å². The summed E-state index contributed by atoms with van der Waals surface area (Å²) >= 11 is 0. The number of carbonyl (C=O) groups excluding carboxylic acids is 1. The summed E-state index contributed by atoms with van der Waals surface area (Å²) in [7, 11) is 1.64. The summed E-state index contributed by atoms with van der Waals surface area (Å²) in [6.45, 7) is 9.79. The number of nitrogens with zero attached hydrogens (tertiary/aromatic N) is 1. The molecule has 1 aromatic carbocycles. The molecular formula is C21H37Cl2N3O2. The van der Waals surface area contributed by atoms with Crippen molar-refractivity contribution in [2.75, 3.05) is 33.3 Å². The van der Waals surface area contributed by atoms with Crippen LogP contribution < -0.4 is 10.6 Å². The smallest absolute Gasteiger partial charge is 0.252 e. The summed E-state index contributed by atoms with van der Waals surface area (Å²) in [4.78, 5) is 15.1. The molecule has 0 radical (unpaired) electrons. The Morgan fingerprint density at radius 1 is 1.21 bits per heavy atom. The van der Waals surface area contributed by atoms with E-state index in [0.29, 0.717) is 6.54 Å². The van der Waals surface area contributed by atoms with E-state index in [9.17, 15) is 4.79 Å². The number of benzene rings is 1. The van der Waals surface area contributed by atoms with Crippen LogP contribution in [0.15, 0.2) is 24.3 Å². The van der Waals surface area contributed by atoms with Crippen LogP contribution >= 0.6 is 24.8 Å². The lowest BCUT2D eigenvalue weighted by molar-refractivity contribution is -0.146. The molecular weight excluding hydrogens is 397 g/mol. The first kappa shape index (κ1) is 27.1. The van der Waals surface area contributed by atoms with Gasteiger partial charge in [-0.05, 0) is 56.6 Å². The van der Waals surface area contributed by atoms with Gasteiger partial charge < -0.3 is 15.4 Å². The summed E-state index contributed by atoms with van der Waals surface area (Å²) in [5, 5.41) is 6.37. The SMILES string of the molecule is CCCCN(CC)Cc1cccc(CNC(=O)C2(OC)CCNCC2)c1.Cl.Cl. The Bertz CT molecular complexity index is 566. The van der Waals surface area contributed by atoms with Crippen molar-refractivity contribution in [2.45, 2.75) is 58.2 Å². The average molecular weight is 434 g/mol. The number of hydrogen-bond donors (Lipinski definition) is 2. The van der Waals surface area contributed by atoms with Crippen LogP contribution in [0.3, 0.4) is 0 Å². The number of rotatable bonds is 10. The first-order valence-electron chi connectivity index (χ1n) is 9.98. The maximum absolute atomic E-state index is 12.7. The van der Waals surface area contributed by atoms with E-state index in [1.807, 2.05) is 0 Å². The highest BCUT2D eigenvalue weighted by atomic mass is 35.5. The molecule has 5 nitrogen and oxygen atoms in total. The standard InChI is InChI=1S/C21H35N3O2.2ClH/c1-4-6-14-24(5-2)17-19-9-7-8-18(15-19)16-23-20(25)21(26-3)10-12-22-13-11-21;;/h7-9,15,22H,4-6,10-14,16-17H2,1-3H3,(H,23,25);2*1H. The van der Waals surface area contributed by atoms with E-state index >= 15 is 0 Å². The topological polar surface area (TPSA) is 53.6 Å². The summed E-state index contributed by atoms with van der Waals surface area (Å²) in [6, 6.07) is 8.54. The van der Waals surface area contributed by atoms with Crippen molar-refractivity contribution in [3.63, 3.8) is 0 Å². The molecule has 0 aliphatic carbocycles. The molecule has 2 rings (SSSR count). The van der Waals surface area contributed by atoms with Gasteiger partial charge in [0.25, 0.3) is 5.91 Å². The highest BCUT2D eigenvalue weighted by Crippen LogP contribution is 2.22. The predicted octanol–water partition coefficient (Wildman–Crippen LogP) is 3.54. The molecule has 1 aliphatic rings. The van der Waals surface area contributed by atoms with Gasteiger partial charge in [-0.2, -0.15) is 0 Å². The van der Waals surface area contributed by atoms with Crippen molar-refractivity contribution in [1.82, 2.24) is 15.5 Å². The van der Waals surface area contributed by atoms with Gasteiger partial charge in [-0.3, -0.25) is 9.69 Å². The van der Waals surface area contributed by atoms with E-state index in [-0.39, 0.29) is 30.7 Å². The van der Waals surface area contributed by atoms with Gasteiger partial charge in [0, 0.05) is 20.2 Å². The fourth-order valence-electron chi connectivity index (χ4n) is 3.52. The molecule has 0 bridgehead atoms. The van der Waals surface area contributed by atoms with Crippen LogP contribution in [0.25, 0.3) is 0 Å². The van der Waals surface area contributed by atoms with E-state index in [0.717, 1.165) is 51.1 Å². The zero-order valence-electron chi connectivity index (χ0n) is 17.5. The second kappa shape index (κ2) is 14.2. The molecule has 1 heterocycles. The Balaban J connectivity index is 0.00000364. The number of halogens is 2. The molecule has 28 heavy (non-hydrogen) atoms. The van der Waals surface area contributed by atoms with Crippen molar-refractivity contribution in [3.8, 4) is 0 Å². The van der Waals surface area contributed by atoms with Gasteiger partial charge in [0.15, 0.2) is 0 Å². The molecule has 1 saturated heterocycles. The zero-order valence-corrected chi connectivity index (χ0v) is 19.1. The van der Waals surface area contributed by atoms with Crippen LogP contribution in [-0.2, 0) is 22.6 Å². The third-order valence-corrected chi connectivity index (χ3v) is 5.34. The van der Waals surface area contributed by atoms with Crippen LogP contribution in [0.4, 0.5) is 0 Å². The highest BCUT2D eigenvalue weighted by molar-refractivity contribution is 5.86. The number of methoxy groups -OCH3 is 1. The molecule has 1 fully saturated rings. The van der Waals surface area contributed by atoms with Gasteiger partial charge in [0.2, 0.25) is 0 Å². The van der Waals surface area contributed by atoms with Crippen LogP contribution in [0.1, 0.15) is 50.7 Å². The normalized spacial score (nSPS) is 15.4. The van der Waals surface area contributed by atoms with Gasteiger partial charge >= 0.3 is 0 Å². The Hall–Kier alpha value is -0.850. The largest absolute Gasteiger partial charge is 0.368 e. The molecule has 0 spiro atoms. The van der Waals surface area contributed by atoms with Gasteiger partial charge in [0.05, 0.1) is 0 Å². The number of unbranched alkanes of at least 4 members (excludes halogenated alkanes) is 1. The third-order valence-electron chi connectivity index (χ3n) is 5.34. The molecule has 0 aromatic heterocycles. The summed E-state index contributed by atoms with van der Waals surface area (Å²) < 4.78 is 5.60. The Kier molecular flexibility index (Phi) is 13.8. The van der Waals surface area contributed by atoms with Gasteiger partial charge in [-0.15, -0.1) is 24.8 Å². The van der Waals surface area contributed by atoms with Crippen LogP contribution in [0.2, 0.25) is 0 Å². The fraction of sp³-hybridized carbons (Fsp3) is 0.667. The number of amides is 1. The summed E-state index contributed by atoms with van der Waals surface area (Å²) in [5.74, 6) is 0.00466. The minimum atomic E-state index is -0.679. The molecule has 0 saturated carbocycles. The maximum atomic E-state index is 12.7. The molecule has 162 valence electrons. The second-order valence-electron chi connectivity index (χ2n) is 7.17. The van der Waals surface area contributed by atoms with E-state index in [1.54, 1.807) is 7.11 Å². The number of hydrogen-bond acceptors (Lipinski definition) is 4. The third kappa shape index (κ3) is 7.88. The lowest BCUT2D eigenvalue weighted by Crippen LogP contribution is -2.53. The number of nitrogens with one attached hydrogen (secondary N) is 2. The van der Waals surface area contributed by atoms with Crippen LogP contribution in [-0.4, -0.2) is 49.7 Å². The molecule has 1 amide bonds. The minimum Gasteiger partial charge on any atom is -0.368 e. The second-order valence-corrected chi connectivity index (χ2v) is 7.17. The van der Waals surface area contributed by atoms with E-state index in [1.165, 1.54) is 18.4 Å². The average Bonchev–Trinajstić information content (AvgIpc) is 2.70. The molecule has 7 heteroatoms. The Morgan fingerprint density at radius 2 is 1.89 bits per heavy atom. The van der Waals surface area contributed by atoms with Crippen molar-refractivity contribution < 1.29 is 9.53 Å². The van der Waals surface area contributed by atoms with Gasteiger partial charge in [-0.25, -0.2) is 0 Å². The van der Waals surface area contributed by atoms with Crippen molar-refractivity contribution in [2.24, 2.45) is 0 Å². The summed E-state index contributed by atoms with van der Waals surface area (Å²) in [6.07, 6.45) is 3.90. The first-order valence-corrected chi connectivity index (χ1v) is 9.98. The quantitative estimate of drug-likeness (QED) is 0.592. The van der Waals surface area contributed by atoms with Gasteiger partial charge in [0.1, 0.15) is 5.60 Å². The van der Waals surface area contributed by atoms with Gasteiger partial charge in [-0.1, -0.05) is 44.5 Å². The molecule has 1 aromatic rings.